The third kappa shape index (κ3) is 2.94. The number of rotatable bonds is 6. The molecule has 2 rings (SSSR count). The van der Waals surface area contributed by atoms with Crippen LogP contribution in [0.2, 0.25) is 0 Å². The fraction of sp³-hybridized carbons (Fsp3) is 0.455. The molecule has 2 aromatic rings. The van der Waals surface area contributed by atoms with Crippen molar-refractivity contribution in [2.75, 3.05) is 26.1 Å². The lowest BCUT2D eigenvalue weighted by molar-refractivity contribution is 0.0532. The Hall–Kier alpha value is -2.00. The number of nitrogen functional groups attached to an aromatic ring is 1. The summed E-state index contributed by atoms with van der Waals surface area (Å²) in [7, 11) is 1.60. The zero-order chi connectivity index (χ0) is 14.5. The van der Waals surface area contributed by atoms with Gasteiger partial charge in [-0.25, -0.2) is 19.4 Å². The number of esters is 1. The highest BCUT2D eigenvalue weighted by atomic mass is 32.1. The van der Waals surface area contributed by atoms with Gasteiger partial charge in [-0.15, -0.1) is 0 Å². The van der Waals surface area contributed by atoms with Gasteiger partial charge in [0, 0.05) is 7.11 Å². The smallest absolute Gasteiger partial charge is 0.350 e. The van der Waals surface area contributed by atoms with E-state index in [0.29, 0.717) is 29.5 Å². The van der Waals surface area contributed by atoms with Crippen LogP contribution in [-0.4, -0.2) is 46.0 Å². The fourth-order valence-electron chi connectivity index (χ4n) is 1.61. The highest BCUT2D eigenvalue weighted by Crippen LogP contribution is 2.28. The summed E-state index contributed by atoms with van der Waals surface area (Å²) in [6.07, 6.45) is 1.40. The number of nitrogens with zero attached hydrogens (tertiary/aromatic N) is 4. The summed E-state index contributed by atoms with van der Waals surface area (Å²) in [4.78, 5) is 20.5. The lowest BCUT2D eigenvalue weighted by Crippen LogP contribution is -2.10. The lowest BCUT2D eigenvalue weighted by atomic mass is 10.3. The van der Waals surface area contributed by atoms with E-state index in [-0.39, 0.29) is 11.7 Å². The van der Waals surface area contributed by atoms with Crippen LogP contribution in [-0.2, 0) is 16.0 Å². The maximum atomic E-state index is 11.9. The fourth-order valence-corrected chi connectivity index (χ4v) is 2.33. The quantitative estimate of drug-likeness (QED) is 0.786. The molecule has 0 aliphatic rings. The molecular weight excluding hydrogens is 282 g/mol. The number of nitrogens with two attached hydrogens (primary N) is 1. The van der Waals surface area contributed by atoms with Crippen molar-refractivity contribution in [3.63, 3.8) is 0 Å². The van der Waals surface area contributed by atoms with E-state index in [4.69, 9.17) is 15.2 Å². The van der Waals surface area contributed by atoms with E-state index in [1.165, 1.54) is 6.33 Å². The van der Waals surface area contributed by atoms with Gasteiger partial charge >= 0.3 is 5.97 Å². The van der Waals surface area contributed by atoms with Crippen molar-refractivity contribution in [1.82, 2.24) is 19.7 Å². The van der Waals surface area contributed by atoms with Crippen LogP contribution in [0.15, 0.2) is 6.33 Å². The maximum absolute atomic E-state index is 11.9. The Balaban J connectivity index is 2.37. The molecule has 0 aromatic carbocycles. The highest BCUT2D eigenvalue weighted by Gasteiger charge is 2.23. The molecule has 8 nitrogen and oxygen atoms in total. The number of aromatic nitrogens is 4. The van der Waals surface area contributed by atoms with Crippen LogP contribution in [0.5, 0.6) is 0 Å². The number of hydrogen-bond donors (Lipinski definition) is 1. The van der Waals surface area contributed by atoms with E-state index in [1.807, 2.05) is 0 Å². The number of hydrogen-bond acceptors (Lipinski definition) is 8. The molecule has 0 saturated carbocycles. The number of carbonyl (C=O) groups is 1. The van der Waals surface area contributed by atoms with Crippen LogP contribution in [0.4, 0.5) is 5.13 Å². The van der Waals surface area contributed by atoms with Gasteiger partial charge in [0.05, 0.1) is 19.8 Å². The molecule has 9 heteroatoms. The van der Waals surface area contributed by atoms with Crippen molar-refractivity contribution < 1.29 is 14.3 Å². The first-order chi connectivity index (χ1) is 9.67. The van der Waals surface area contributed by atoms with Gasteiger partial charge in [-0.1, -0.05) is 11.3 Å². The largest absolute Gasteiger partial charge is 0.462 e. The molecule has 0 amide bonds. The minimum absolute atomic E-state index is 0.282. The summed E-state index contributed by atoms with van der Waals surface area (Å²) < 4.78 is 11.6. The van der Waals surface area contributed by atoms with Gasteiger partial charge in [0.1, 0.15) is 16.9 Å². The van der Waals surface area contributed by atoms with Crippen molar-refractivity contribution in [2.24, 2.45) is 0 Å². The monoisotopic (exact) mass is 297 g/mol. The second-order valence-electron chi connectivity index (χ2n) is 3.75. The highest BCUT2D eigenvalue weighted by molar-refractivity contribution is 7.17. The summed E-state index contributed by atoms with van der Waals surface area (Å²) in [5.74, 6) is 0.0102. The predicted molar refractivity (Wildman–Crippen MR) is 73.4 cm³/mol. The Morgan fingerprint density at radius 3 is 3.05 bits per heavy atom. The van der Waals surface area contributed by atoms with E-state index >= 15 is 0 Å². The molecule has 20 heavy (non-hydrogen) atoms. The van der Waals surface area contributed by atoms with Crippen LogP contribution in [0.1, 0.15) is 16.6 Å². The number of ether oxygens (including phenoxy) is 2. The molecule has 2 aromatic heterocycles. The molecular formula is C11H15N5O3S. The number of carbonyl (C=O) groups excluding carboxylic acids is 1. The summed E-state index contributed by atoms with van der Waals surface area (Å²) in [6.45, 7) is 3.01. The molecule has 0 atom stereocenters. The van der Waals surface area contributed by atoms with Gasteiger partial charge < -0.3 is 15.2 Å². The van der Waals surface area contributed by atoms with Crippen LogP contribution in [0, 0.1) is 0 Å². The van der Waals surface area contributed by atoms with E-state index in [2.05, 4.69) is 15.1 Å². The molecule has 0 saturated heterocycles. The van der Waals surface area contributed by atoms with Crippen LogP contribution < -0.4 is 5.73 Å². The number of thiazole rings is 1. The molecule has 108 valence electrons. The Kier molecular flexibility index (Phi) is 4.64. The van der Waals surface area contributed by atoms with E-state index in [1.54, 1.807) is 18.7 Å². The maximum Gasteiger partial charge on any atom is 0.350 e. The Morgan fingerprint density at radius 2 is 2.35 bits per heavy atom. The minimum Gasteiger partial charge on any atom is -0.462 e. The van der Waals surface area contributed by atoms with E-state index in [9.17, 15) is 4.79 Å². The second kappa shape index (κ2) is 6.44. The standard InChI is InChI=1S/C11H15N5O3S/c1-3-19-10(17)8-7(15-11(12)20-8)9-13-6-14-16(9)4-5-18-2/h6H,3-5H2,1-2H3,(H2,12,15). The molecule has 0 bridgehead atoms. The molecule has 0 unspecified atom stereocenters. The van der Waals surface area contributed by atoms with Gasteiger partial charge in [-0.3, -0.25) is 0 Å². The van der Waals surface area contributed by atoms with Gasteiger partial charge in [0.15, 0.2) is 11.0 Å². The van der Waals surface area contributed by atoms with Gasteiger partial charge in [-0.2, -0.15) is 5.10 Å². The third-order valence-corrected chi connectivity index (χ3v) is 3.30. The molecule has 2 heterocycles. The minimum atomic E-state index is -0.460. The van der Waals surface area contributed by atoms with Crippen molar-refractivity contribution in [2.45, 2.75) is 13.5 Å². The van der Waals surface area contributed by atoms with Crippen molar-refractivity contribution in [3.05, 3.63) is 11.2 Å². The first-order valence-electron chi connectivity index (χ1n) is 5.97. The van der Waals surface area contributed by atoms with Crippen molar-refractivity contribution in [1.29, 1.82) is 0 Å². The molecule has 0 aliphatic carbocycles. The molecule has 0 fully saturated rings. The molecule has 0 radical (unpaired) electrons. The third-order valence-electron chi connectivity index (χ3n) is 2.44. The number of anilines is 1. The van der Waals surface area contributed by atoms with E-state index < -0.39 is 5.97 Å². The molecule has 0 aliphatic heterocycles. The topological polar surface area (TPSA) is 105 Å². The van der Waals surface area contributed by atoms with Crippen LogP contribution >= 0.6 is 11.3 Å². The van der Waals surface area contributed by atoms with E-state index in [0.717, 1.165) is 11.3 Å². The Bertz CT molecular complexity index is 595. The summed E-state index contributed by atoms with van der Waals surface area (Å²) >= 11 is 1.07. The molecule has 0 spiro atoms. The Morgan fingerprint density at radius 1 is 1.55 bits per heavy atom. The summed E-state index contributed by atoms with van der Waals surface area (Å²) in [5, 5.41) is 4.36. The zero-order valence-corrected chi connectivity index (χ0v) is 12.0. The first kappa shape index (κ1) is 14.4. The Labute approximate surface area is 119 Å². The summed E-state index contributed by atoms with van der Waals surface area (Å²) in [6, 6.07) is 0. The number of methoxy groups -OCH3 is 1. The van der Waals surface area contributed by atoms with Gasteiger partial charge in [-0.05, 0) is 6.92 Å². The van der Waals surface area contributed by atoms with Gasteiger partial charge in [0.2, 0.25) is 0 Å². The average molecular weight is 297 g/mol. The molecule has 2 N–H and O–H groups in total. The van der Waals surface area contributed by atoms with Gasteiger partial charge in [0.25, 0.3) is 0 Å². The first-order valence-corrected chi connectivity index (χ1v) is 6.79. The van der Waals surface area contributed by atoms with Crippen molar-refractivity contribution >= 4 is 22.4 Å². The average Bonchev–Trinajstić information content (AvgIpc) is 3.02. The SMILES string of the molecule is CCOC(=O)c1sc(N)nc1-c1ncnn1CCOC. The van der Waals surface area contributed by atoms with Crippen LogP contribution in [0.3, 0.4) is 0 Å². The summed E-state index contributed by atoms with van der Waals surface area (Å²) in [5.41, 5.74) is 6.08. The zero-order valence-electron chi connectivity index (χ0n) is 11.2. The lowest BCUT2D eigenvalue weighted by Gasteiger charge is -2.05. The second-order valence-corrected chi connectivity index (χ2v) is 4.78. The normalized spacial score (nSPS) is 10.7. The predicted octanol–water partition coefficient (Wildman–Crippen LogP) is 0.807. The van der Waals surface area contributed by atoms with Crippen LogP contribution in [0.25, 0.3) is 11.5 Å². The van der Waals surface area contributed by atoms with Crippen molar-refractivity contribution in [3.8, 4) is 11.5 Å².